The second-order valence-corrected chi connectivity index (χ2v) is 7.96. The molecule has 1 aromatic heterocycles. The van der Waals surface area contributed by atoms with Crippen molar-refractivity contribution in [1.29, 1.82) is 0 Å². The Balaban J connectivity index is 1.51. The number of hydrogen-bond acceptors (Lipinski definition) is 5. The van der Waals surface area contributed by atoms with E-state index in [0.717, 1.165) is 24.2 Å². The van der Waals surface area contributed by atoms with E-state index in [9.17, 15) is 14.0 Å². The van der Waals surface area contributed by atoms with Crippen molar-refractivity contribution in [2.24, 2.45) is 0 Å². The Morgan fingerprint density at radius 3 is 2.79 bits per heavy atom. The average Bonchev–Trinajstić information content (AvgIpc) is 3.37. The van der Waals surface area contributed by atoms with E-state index >= 15 is 0 Å². The highest BCUT2D eigenvalue weighted by Gasteiger charge is 2.34. The summed E-state index contributed by atoms with van der Waals surface area (Å²) in [7, 11) is 0. The number of aromatic nitrogens is 2. The maximum Gasteiger partial charge on any atom is 0.286 e. The first kappa shape index (κ1) is 19.5. The van der Waals surface area contributed by atoms with Gasteiger partial charge >= 0.3 is 0 Å². The standard InChI is InChI=1S/C20H16ClFN4O2S/c21-15-8-2-1-7-14(15)20(28)26-10-4-9-16(26)18-24-25-19(29-18)17(27)23-13-6-3-5-12(22)11-13/h1-3,5-8,11,16H,4,9-10H2,(H,23,27)/t16-/m0/s1. The molecule has 6 nitrogen and oxygen atoms in total. The number of anilines is 1. The highest BCUT2D eigenvalue weighted by atomic mass is 35.5. The van der Waals surface area contributed by atoms with E-state index in [4.69, 9.17) is 11.6 Å². The van der Waals surface area contributed by atoms with Gasteiger partial charge in [-0.2, -0.15) is 0 Å². The molecule has 2 heterocycles. The van der Waals surface area contributed by atoms with Gasteiger partial charge in [-0.3, -0.25) is 9.59 Å². The highest BCUT2D eigenvalue weighted by Crippen LogP contribution is 2.35. The van der Waals surface area contributed by atoms with Crippen LogP contribution < -0.4 is 5.32 Å². The number of nitrogens with one attached hydrogen (secondary N) is 1. The smallest absolute Gasteiger partial charge is 0.286 e. The summed E-state index contributed by atoms with van der Waals surface area (Å²) in [6, 6.07) is 12.3. The van der Waals surface area contributed by atoms with Gasteiger partial charge in [-0.15, -0.1) is 10.2 Å². The molecule has 1 atom stereocenters. The highest BCUT2D eigenvalue weighted by molar-refractivity contribution is 7.13. The van der Waals surface area contributed by atoms with Crippen LogP contribution in [0.3, 0.4) is 0 Å². The number of carbonyl (C=O) groups excluding carboxylic acids is 2. The lowest BCUT2D eigenvalue weighted by Crippen LogP contribution is -2.30. The first-order chi connectivity index (χ1) is 14.0. The fourth-order valence-corrected chi connectivity index (χ4v) is 4.37. The van der Waals surface area contributed by atoms with Crippen LogP contribution in [-0.2, 0) is 0 Å². The number of halogens is 2. The van der Waals surface area contributed by atoms with E-state index in [-0.39, 0.29) is 17.0 Å². The third-order valence-corrected chi connectivity index (χ3v) is 5.97. The van der Waals surface area contributed by atoms with Crippen molar-refractivity contribution < 1.29 is 14.0 Å². The van der Waals surface area contributed by atoms with Gasteiger partial charge in [0.05, 0.1) is 16.6 Å². The molecule has 29 heavy (non-hydrogen) atoms. The van der Waals surface area contributed by atoms with E-state index in [1.807, 2.05) is 0 Å². The molecule has 0 saturated carbocycles. The van der Waals surface area contributed by atoms with Gasteiger partial charge in [0, 0.05) is 12.2 Å². The Morgan fingerprint density at radius 2 is 2.00 bits per heavy atom. The molecule has 1 aliphatic heterocycles. The molecular formula is C20H16ClFN4O2S. The molecule has 2 aromatic carbocycles. The van der Waals surface area contributed by atoms with Crippen LogP contribution in [0.5, 0.6) is 0 Å². The van der Waals surface area contributed by atoms with Crippen LogP contribution in [0, 0.1) is 5.82 Å². The molecule has 1 aliphatic rings. The molecular weight excluding hydrogens is 415 g/mol. The molecule has 1 saturated heterocycles. The number of hydrogen-bond donors (Lipinski definition) is 1. The molecule has 9 heteroatoms. The van der Waals surface area contributed by atoms with Crippen molar-refractivity contribution in [1.82, 2.24) is 15.1 Å². The quantitative estimate of drug-likeness (QED) is 0.658. The second-order valence-electron chi connectivity index (χ2n) is 6.55. The van der Waals surface area contributed by atoms with E-state index < -0.39 is 11.7 Å². The van der Waals surface area contributed by atoms with E-state index in [2.05, 4.69) is 15.5 Å². The molecule has 1 N–H and O–H groups in total. The summed E-state index contributed by atoms with van der Waals surface area (Å²) in [6.45, 7) is 0.582. The maximum atomic E-state index is 13.3. The van der Waals surface area contributed by atoms with Crippen molar-refractivity contribution in [3.05, 3.63) is 74.9 Å². The van der Waals surface area contributed by atoms with Crippen LogP contribution >= 0.6 is 22.9 Å². The number of rotatable bonds is 4. The summed E-state index contributed by atoms with van der Waals surface area (Å²) in [4.78, 5) is 27.1. The summed E-state index contributed by atoms with van der Waals surface area (Å²) < 4.78 is 13.3. The Morgan fingerprint density at radius 1 is 1.17 bits per heavy atom. The third kappa shape index (κ3) is 4.13. The normalized spacial score (nSPS) is 16.1. The molecule has 0 radical (unpaired) electrons. The fraction of sp³-hybridized carbons (Fsp3) is 0.200. The average molecular weight is 431 g/mol. The van der Waals surface area contributed by atoms with Gasteiger partial charge in [0.2, 0.25) is 5.01 Å². The van der Waals surface area contributed by atoms with Gasteiger partial charge in [0.1, 0.15) is 10.8 Å². The van der Waals surface area contributed by atoms with E-state index in [1.54, 1.807) is 35.2 Å². The predicted molar refractivity (Wildman–Crippen MR) is 109 cm³/mol. The van der Waals surface area contributed by atoms with Crippen LogP contribution in [0.15, 0.2) is 48.5 Å². The van der Waals surface area contributed by atoms with E-state index in [1.165, 1.54) is 18.2 Å². The molecule has 0 aliphatic carbocycles. The lowest BCUT2D eigenvalue weighted by Gasteiger charge is -2.23. The van der Waals surface area contributed by atoms with Crippen LogP contribution in [0.1, 0.15) is 44.1 Å². The minimum absolute atomic E-state index is 0.154. The monoisotopic (exact) mass is 430 g/mol. The lowest BCUT2D eigenvalue weighted by molar-refractivity contribution is 0.0735. The second kappa shape index (κ2) is 8.26. The zero-order chi connectivity index (χ0) is 20.4. The minimum Gasteiger partial charge on any atom is -0.329 e. The van der Waals surface area contributed by atoms with Gasteiger partial charge in [-0.05, 0) is 43.2 Å². The largest absolute Gasteiger partial charge is 0.329 e. The van der Waals surface area contributed by atoms with Crippen molar-refractivity contribution in [2.45, 2.75) is 18.9 Å². The van der Waals surface area contributed by atoms with Crippen LogP contribution in [0.4, 0.5) is 10.1 Å². The summed E-state index contributed by atoms with van der Waals surface area (Å²) in [6.07, 6.45) is 1.56. The number of nitrogens with zero attached hydrogens (tertiary/aromatic N) is 3. The molecule has 4 rings (SSSR count). The van der Waals surface area contributed by atoms with Crippen LogP contribution in [0.2, 0.25) is 5.02 Å². The van der Waals surface area contributed by atoms with Gasteiger partial charge in [-0.25, -0.2) is 4.39 Å². The van der Waals surface area contributed by atoms with Crippen molar-refractivity contribution >= 4 is 40.4 Å². The molecule has 148 valence electrons. The summed E-state index contributed by atoms with van der Waals surface area (Å²) >= 11 is 7.30. The predicted octanol–water partition coefficient (Wildman–Crippen LogP) is 4.56. The zero-order valence-electron chi connectivity index (χ0n) is 15.1. The maximum absolute atomic E-state index is 13.3. The van der Waals surface area contributed by atoms with Crippen molar-refractivity contribution in [3.63, 3.8) is 0 Å². The summed E-state index contributed by atoms with van der Waals surface area (Å²) in [5.41, 5.74) is 0.776. The minimum atomic E-state index is -0.471. The van der Waals surface area contributed by atoms with Gasteiger partial charge in [0.15, 0.2) is 0 Å². The Kier molecular flexibility index (Phi) is 5.55. The lowest BCUT2D eigenvalue weighted by atomic mass is 10.1. The Labute approximate surface area is 175 Å². The molecule has 0 spiro atoms. The number of carbonyl (C=O) groups is 2. The van der Waals surface area contributed by atoms with E-state index in [0.29, 0.717) is 27.8 Å². The fourth-order valence-electron chi connectivity index (χ4n) is 3.27. The Hall–Kier alpha value is -2.84. The number of amides is 2. The number of likely N-dealkylation sites (tertiary alicyclic amines) is 1. The number of benzene rings is 2. The SMILES string of the molecule is O=C(Nc1cccc(F)c1)c1nnc([C@@H]2CCCN2C(=O)c2ccccc2Cl)s1. The van der Waals surface area contributed by atoms with Crippen molar-refractivity contribution in [3.8, 4) is 0 Å². The van der Waals surface area contributed by atoms with Crippen LogP contribution in [0.25, 0.3) is 0 Å². The molecule has 0 unspecified atom stereocenters. The zero-order valence-corrected chi connectivity index (χ0v) is 16.7. The van der Waals surface area contributed by atoms with Crippen LogP contribution in [-0.4, -0.2) is 33.5 Å². The molecule has 0 bridgehead atoms. The summed E-state index contributed by atoms with van der Waals surface area (Å²) in [5.74, 6) is -1.08. The van der Waals surface area contributed by atoms with Gasteiger partial charge in [0.25, 0.3) is 11.8 Å². The molecule has 3 aromatic rings. The topological polar surface area (TPSA) is 75.2 Å². The first-order valence-electron chi connectivity index (χ1n) is 8.99. The van der Waals surface area contributed by atoms with Gasteiger partial charge in [-0.1, -0.05) is 41.1 Å². The Bertz CT molecular complexity index is 1070. The first-order valence-corrected chi connectivity index (χ1v) is 10.2. The third-order valence-electron chi connectivity index (χ3n) is 4.62. The van der Waals surface area contributed by atoms with Crippen molar-refractivity contribution in [2.75, 3.05) is 11.9 Å². The van der Waals surface area contributed by atoms with Gasteiger partial charge < -0.3 is 10.2 Å². The molecule has 2 amide bonds. The molecule has 1 fully saturated rings. The summed E-state index contributed by atoms with van der Waals surface area (Å²) in [5, 5.41) is 11.8.